The van der Waals surface area contributed by atoms with Crippen LogP contribution in [0.4, 0.5) is 23.2 Å². The molecule has 0 aliphatic rings. The third-order valence-corrected chi connectivity index (χ3v) is 5.10. The van der Waals surface area contributed by atoms with Crippen LogP contribution < -0.4 is 10.1 Å². The number of alkyl halides is 3. The SMILES string of the molecule is CS(=N)(=O)c1cc(NC(=O)c2cc(C(F)(F)F)nnc2Oc2ccc(F)cc2Cl)ccn1. The van der Waals surface area contributed by atoms with Gasteiger partial charge in [-0.25, -0.2) is 18.4 Å². The van der Waals surface area contributed by atoms with Gasteiger partial charge in [0.2, 0.25) is 0 Å². The predicted molar refractivity (Wildman–Crippen MR) is 106 cm³/mol. The van der Waals surface area contributed by atoms with Crippen LogP contribution in [0, 0.1) is 10.6 Å². The lowest BCUT2D eigenvalue weighted by Crippen LogP contribution is -2.18. The Morgan fingerprint density at radius 1 is 1.19 bits per heavy atom. The number of benzene rings is 1. The normalized spacial score (nSPS) is 13.3. The zero-order valence-electron chi connectivity index (χ0n) is 15.9. The molecule has 2 N–H and O–H groups in total. The Morgan fingerprint density at radius 2 is 1.91 bits per heavy atom. The highest BCUT2D eigenvalue weighted by molar-refractivity contribution is 7.91. The molecule has 32 heavy (non-hydrogen) atoms. The quantitative estimate of drug-likeness (QED) is 0.499. The number of hydrogen-bond acceptors (Lipinski definition) is 7. The molecule has 0 aliphatic heterocycles. The van der Waals surface area contributed by atoms with Gasteiger partial charge in [-0.05, 0) is 36.4 Å². The second-order valence-corrected chi connectivity index (χ2v) is 8.82. The van der Waals surface area contributed by atoms with E-state index in [0.29, 0.717) is 6.07 Å². The summed E-state index contributed by atoms with van der Waals surface area (Å²) in [6, 6.07) is 5.83. The number of rotatable bonds is 5. The van der Waals surface area contributed by atoms with Crippen molar-refractivity contribution in [3.63, 3.8) is 0 Å². The average molecular weight is 490 g/mol. The fourth-order valence-corrected chi connectivity index (χ4v) is 3.14. The van der Waals surface area contributed by atoms with E-state index in [0.717, 1.165) is 30.5 Å². The van der Waals surface area contributed by atoms with Gasteiger partial charge in [-0.1, -0.05) is 11.6 Å². The van der Waals surface area contributed by atoms with Gasteiger partial charge in [0.25, 0.3) is 11.8 Å². The topological polar surface area (TPSA) is 118 Å². The minimum Gasteiger partial charge on any atom is -0.435 e. The smallest absolute Gasteiger partial charge is 0.435 e. The maximum atomic E-state index is 13.2. The Morgan fingerprint density at radius 3 is 2.53 bits per heavy atom. The van der Waals surface area contributed by atoms with Crippen molar-refractivity contribution in [1.29, 1.82) is 4.78 Å². The minimum absolute atomic E-state index is 0.0120. The third-order valence-electron chi connectivity index (χ3n) is 3.79. The lowest BCUT2D eigenvalue weighted by molar-refractivity contribution is -0.141. The van der Waals surface area contributed by atoms with Crippen molar-refractivity contribution in [2.45, 2.75) is 11.2 Å². The van der Waals surface area contributed by atoms with E-state index in [1.807, 2.05) is 0 Å². The second kappa shape index (κ2) is 8.67. The summed E-state index contributed by atoms with van der Waals surface area (Å²) in [4.78, 5) is 16.5. The summed E-state index contributed by atoms with van der Waals surface area (Å²) in [5.41, 5.74) is -2.11. The van der Waals surface area contributed by atoms with Gasteiger partial charge in [0.15, 0.2) is 5.69 Å². The molecule has 2 aromatic heterocycles. The molecule has 1 amide bonds. The van der Waals surface area contributed by atoms with Crippen LogP contribution in [0.1, 0.15) is 16.1 Å². The zero-order valence-corrected chi connectivity index (χ0v) is 17.5. The fourth-order valence-electron chi connectivity index (χ4n) is 2.32. The molecule has 1 atom stereocenters. The van der Waals surface area contributed by atoms with Gasteiger partial charge in [-0.2, -0.15) is 13.2 Å². The first-order valence-corrected chi connectivity index (χ1v) is 10.8. The molecule has 1 aromatic carbocycles. The van der Waals surface area contributed by atoms with Gasteiger partial charge in [-0.3, -0.25) is 4.79 Å². The zero-order chi connectivity index (χ0) is 23.7. The average Bonchev–Trinajstić information content (AvgIpc) is 2.69. The molecule has 3 rings (SSSR count). The lowest BCUT2D eigenvalue weighted by Gasteiger charge is -2.13. The maximum Gasteiger partial charge on any atom is 0.435 e. The summed E-state index contributed by atoms with van der Waals surface area (Å²) in [6.45, 7) is 0. The Bertz CT molecular complexity index is 1300. The first-order chi connectivity index (χ1) is 14.8. The van der Waals surface area contributed by atoms with Crippen LogP contribution in [0.2, 0.25) is 5.02 Å². The molecule has 0 fully saturated rings. The van der Waals surface area contributed by atoms with Crippen LogP contribution in [0.5, 0.6) is 11.6 Å². The molecule has 0 saturated carbocycles. The highest BCUT2D eigenvalue weighted by atomic mass is 35.5. The monoisotopic (exact) mass is 489 g/mol. The standard InChI is InChI=1S/C18H12ClF4N5O3S/c1-32(24,30)15-7-10(4-5-25-15)26-16(29)11-8-14(18(21,22)23)27-28-17(11)31-13-3-2-9(20)6-12(13)19/h2-8,24H,1H3,(H,25,26,29). The molecule has 14 heteroatoms. The largest absolute Gasteiger partial charge is 0.435 e. The molecular weight excluding hydrogens is 478 g/mol. The van der Waals surface area contributed by atoms with Gasteiger partial charge in [0, 0.05) is 18.1 Å². The minimum atomic E-state index is -4.91. The van der Waals surface area contributed by atoms with Crippen LogP contribution >= 0.6 is 11.6 Å². The number of aromatic nitrogens is 3. The van der Waals surface area contributed by atoms with Gasteiger partial charge in [0.05, 0.1) is 14.8 Å². The van der Waals surface area contributed by atoms with E-state index in [9.17, 15) is 26.6 Å². The molecule has 0 spiro atoms. The summed E-state index contributed by atoms with van der Waals surface area (Å²) in [5, 5.41) is 8.29. The number of hydrogen-bond donors (Lipinski definition) is 2. The molecular formula is C18H12ClF4N5O3S. The number of halogens is 5. The van der Waals surface area contributed by atoms with Crippen LogP contribution in [0.15, 0.2) is 47.6 Å². The van der Waals surface area contributed by atoms with Crippen LogP contribution in [-0.4, -0.2) is 31.6 Å². The summed E-state index contributed by atoms with van der Waals surface area (Å²) < 4.78 is 77.3. The van der Waals surface area contributed by atoms with E-state index in [-0.39, 0.29) is 21.5 Å². The van der Waals surface area contributed by atoms with Gasteiger partial charge >= 0.3 is 6.18 Å². The van der Waals surface area contributed by atoms with Crippen molar-refractivity contribution >= 4 is 32.9 Å². The molecule has 3 aromatic rings. The highest BCUT2D eigenvalue weighted by Gasteiger charge is 2.35. The van der Waals surface area contributed by atoms with Crippen molar-refractivity contribution in [2.24, 2.45) is 0 Å². The summed E-state index contributed by atoms with van der Waals surface area (Å²) in [6.07, 6.45) is -2.62. The molecule has 0 aliphatic carbocycles. The number of pyridine rings is 1. The van der Waals surface area contributed by atoms with Crippen molar-refractivity contribution < 1.29 is 31.3 Å². The molecule has 8 nitrogen and oxygen atoms in total. The lowest BCUT2D eigenvalue weighted by atomic mass is 10.2. The maximum absolute atomic E-state index is 13.2. The Hall–Kier alpha value is -3.32. The number of amides is 1. The first kappa shape index (κ1) is 23.3. The Kier molecular flexibility index (Phi) is 6.32. The van der Waals surface area contributed by atoms with Gasteiger partial charge in [0.1, 0.15) is 22.2 Å². The number of ether oxygens (including phenoxy) is 1. The van der Waals surface area contributed by atoms with E-state index in [1.165, 1.54) is 12.3 Å². The van der Waals surface area contributed by atoms with E-state index in [1.54, 1.807) is 0 Å². The number of nitrogens with one attached hydrogen (secondary N) is 2. The van der Waals surface area contributed by atoms with E-state index in [4.69, 9.17) is 21.1 Å². The first-order valence-electron chi connectivity index (χ1n) is 8.43. The van der Waals surface area contributed by atoms with E-state index < -0.39 is 44.8 Å². The molecule has 168 valence electrons. The molecule has 1 unspecified atom stereocenters. The summed E-state index contributed by atoms with van der Waals surface area (Å²) >= 11 is 5.86. The highest BCUT2D eigenvalue weighted by Crippen LogP contribution is 2.33. The van der Waals surface area contributed by atoms with E-state index >= 15 is 0 Å². The second-order valence-electron chi connectivity index (χ2n) is 6.30. The summed E-state index contributed by atoms with van der Waals surface area (Å²) in [7, 11) is -3.21. The molecule has 0 bridgehead atoms. The predicted octanol–water partition coefficient (Wildman–Crippen LogP) is 4.76. The number of carbonyl (C=O) groups excluding carboxylic acids is 1. The van der Waals surface area contributed by atoms with Crippen molar-refractivity contribution in [3.05, 3.63) is 64.7 Å². The number of nitrogens with zero attached hydrogens (tertiary/aromatic N) is 3. The van der Waals surface area contributed by atoms with Crippen molar-refractivity contribution in [2.75, 3.05) is 11.6 Å². The Balaban J connectivity index is 2.01. The summed E-state index contributed by atoms with van der Waals surface area (Å²) in [5.74, 6) is -2.57. The third kappa shape index (κ3) is 5.48. The molecule has 2 heterocycles. The van der Waals surface area contributed by atoms with Gasteiger partial charge in [-0.15, -0.1) is 10.2 Å². The Labute approximate surface area is 183 Å². The van der Waals surface area contributed by atoms with Crippen molar-refractivity contribution in [1.82, 2.24) is 15.2 Å². The number of anilines is 1. The van der Waals surface area contributed by atoms with Gasteiger partial charge < -0.3 is 10.1 Å². The van der Waals surface area contributed by atoms with E-state index in [2.05, 4.69) is 20.5 Å². The van der Waals surface area contributed by atoms with Crippen LogP contribution in [-0.2, 0) is 15.9 Å². The fraction of sp³-hybridized carbons (Fsp3) is 0.111. The van der Waals surface area contributed by atoms with Crippen LogP contribution in [0.25, 0.3) is 0 Å². The molecule has 0 saturated heterocycles. The van der Waals surface area contributed by atoms with Crippen molar-refractivity contribution in [3.8, 4) is 11.6 Å². The molecule has 0 radical (unpaired) electrons. The number of carbonyl (C=O) groups is 1. The van der Waals surface area contributed by atoms with Crippen LogP contribution in [0.3, 0.4) is 0 Å².